The molecule has 0 aliphatic carbocycles. The topological polar surface area (TPSA) is 139 Å². The summed E-state index contributed by atoms with van der Waals surface area (Å²) >= 11 is 0. The van der Waals surface area contributed by atoms with E-state index in [1.165, 1.54) is 41.9 Å². The lowest BCUT2D eigenvalue weighted by Gasteiger charge is -2.18. The van der Waals surface area contributed by atoms with E-state index < -0.39 is 35.8 Å². The molecule has 234 valence electrons. The molecule has 1 aliphatic rings. The molecule has 2 atom stereocenters. The number of anilines is 1. The van der Waals surface area contributed by atoms with Crippen LogP contribution in [0.5, 0.6) is 5.75 Å². The van der Waals surface area contributed by atoms with Crippen LogP contribution in [-0.2, 0) is 22.6 Å². The van der Waals surface area contributed by atoms with Crippen molar-refractivity contribution >= 4 is 17.8 Å². The van der Waals surface area contributed by atoms with E-state index in [9.17, 15) is 23.2 Å². The predicted molar refractivity (Wildman–Crippen MR) is 158 cm³/mol. The molecule has 1 aliphatic heterocycles. The van der Waals surface area contributed by atoms with Crippen LogP contribution in [0.4, 0.5) is 19.4 Å². The van der Waals surface area contributed by atoms with Crippen molar-refractivity contribution in [2.75, 3.05) is 11.9 Å². The summed E-state index contributed by atoms with van der Waals surface area (Å²) in [6.45, 7) is 4.42. The Morgan fingerprint density at radius 2 is 1.89 bits per heavy atom. The third-order valence-corrected chi connectivity index (χ3v) is 6.31. The van der Waals surface area contributed by atoms with E-state index in [-0.39, 0.29) is 37.6 Å². The van der Waals surface area contributed by atoms with Crippen LogP contribution in [0.2, 0.25) is 0 Å². The van der Waals surface area contributed by atoms with Gasteiger partial charge in [-0.05, 0) is 42.7 Å². The van der Waals surface area contributed by atoms with Gasteiger partial charge in [0.1, 0.15) is 29.5 Å². The van der Waals surface area contributed by atoms with Gasteiger partial charge < -0.3 is 14.8 Å². The summed E-state index contributed by atoms with van der Waals surface area (Å²) in [5.74, 6) is -1.92. The summed E-state index contributed by atoms with van der Waals surface area (Å²) < 4.78 is 40.2. The van der Waals surface area contributed by atoms with E-state index in [4.69, 9.17) is 9.47 Å². The number of amides is 2. The van der Waals surface area contributed by atoms with Gasteiger partial charge in [-0.15, -0.1) is 5.53 Å². The fraction of sp³-hybridized carbons (Fsp3) is 0.333. The SMILES string of the molecule is CC(OC(=O)Nc1ccn(CCC(F)CN2C=C(C(=O)NCc3cccc(OC(C)(C)F)c3)NN2)c(=O)n1)c1ccccc1. The van der Waals surface area contributed by atoms with Crippen LogP contribution >= 0.6 is 0 Å². The molecule has 2 amide bonds. The number of ether oxygens (including phenoxy) is 2. The van der Waals surface area contributed by atoms with Crippen molar-refractivity contribution in [3.05, 3.63) is 100 Å². The lowest BCUT2D eigenvalue weighted by atomic mass is 10.1. The second-order valence-corrected chi connectivity index (χ2v) is 10.5. The lowest BCUT2D eigenvalue weighted by molar-refractivity contribution is -0.118. The molecule has 12 nitrogen and oxygen atoms in total. The standard InChI is InChI=1S/C30H35F2N7O5/c1-20(22-9-5-4-6-10-22)43-29(42)35-26-13-15-38(28(41)34-26)14-12-23(31)18-39-19-25(36-37-39)27(40)33-17-21-8-7-11-24(16-21)44-30(2,3)32/h4-11,13,15-16,19-20,23,36-37H,12,14,17-18H2,1-3H3,(H,33,40)(H,34,35,41,42). The van der Waals surface area contributed by atoms with Gasteiger partial charge in [-0.3, -0.25) is 25.1 Å². The number of hydrogen-bond donors (Lipinski definition) is 4. The number of benzene rings is 2. The zero-order valence-corrected chi connectivity index (χ0v) is 24.6. The molecule has 0 spiro atoms. The minimum absolute atomic E-state index is 0.00730. The molecular weight excluding hydrogens is 576 g/mol. The summed E-state index contributed by atoms with van der Waals surface area (Å²) in [5, 5.41) is 6.54. The van der Waals surface area contributed by atoms with E-state index in [0.29, 0.717) is 11.3 Å². The third-order valence-electron chi connectivity index (χ3n) is 6.31. The van der Waals surface area contributed by atoms with E-state index in [1.54, 1.807) is 31.2 Å². The molecule has 0 bridgehead atoms. The lowest BCUT2D eigenvalue weighted by Crippen LogP contribution is -2.41. The minimum Gasteiger partial charge on any atom is -0.459 e. The fourth-order valence-electron chi connectivity index (χ4n) is 4.18. The Hall–Kier alpha value is -4.98. The molecule has 0 radical (unpaired) electrons. The number of carbonyl (C=O) groups excluding carboxylic acids is 2. The highest BCUT2D eigenvalue weighted by Crippen LogP contribution is 2.21. The molecule has 0 fully saturated rings. The molecule has 3 aromatic rings. The van der Waals surface area contributed by atoms with Gasteiger partial charge in [0, 0.05) is 39.3 Å². The molecular formula is C30H35F2N7O5. The van der Waals surface area contributed by atoms with Crippen molar-refractivity contribution in [2.24, 2.45) is 0 Å². The van der Waals surface area contributed by atoms with Gasteiger partial charge in [-0.2, -0.15) is 9.37 Å². The number of halogens is 2. The van der Waals surface area contributed by atoms with Crippen molar-refractivity contribution < 1.29 is 27.8 Å². The molecule has 4 rings (SSSR count). The van der Waals surface area contributed by atoms with Crippen molar-refractivity contribution in [3.8, 4) is 5.75 Å². The monoisotopic (exact) mass is 611 g/mol. The summed E-state index contributed by atoms with van der Waals surface area (Å²) in [5.41, 5.74) is 6.44. The first kappa shape index (κ1) is 31.9. The van der Waals surface area contributed by atoms with E-state index >= 15 is 0 Å². The molecule has 1 aromatic heterocycles. The van der Waals surface area contributed by atoms with Crippen molar-refractivity contribution in [1.82, 2.24) is 30.8 Å². The Kier molecular flexibility index (Phi) is 10.5. The molecule has 2 heterocycles. The number of nitrogens with one attached hydrogen (secondary N) is 4. The molecule has 4 N–H and O–H groups in total. The van der Waals surface area contributed by atoms with Gasteiger partial charge in [0.25, 0.3) is 5.91 Å². The van der Waals surface area contributed by atoms with Gasteiger partial charge in [0.15, 0.2) is 0 Å². The molecule has 2 unspecified atom stereocenters. The van der Waals surface area contributed by atoms with Crippen LogP contribution in [0.1, 0.15) is 44.4 Å². The minimum atomic E-state index is -1.84. The van der Waals surface area contributed by atoms with Gasteiger partial charge in [-0.1, -0.05) is 42.5 Å². The number of hydrazine groups is 2. The van der Waals surface area contributed by atoms with E-state index in [0.717, 1.165) is 5.56 Å². The van der Waals surface area contributed by atoms with Crippen molar-refractivity contribution in [2.45, 2.75) is 58.4 Å². The van der Waals surface area contributed by atoms with Crippen LogP contribution in [0.25, 0.3) is 0 Å². The first-order valence-electron chi connectivity index (χ1n) is 13.9. The molecule has 2 aromatic carbocycles. The molecule has 44 heavy (non-hydrogen) atoms. The summed E-state index contributed by atoms with van der Waals surface area (Å²) in [6, 6.07) is 17.3. The molecule has 0 saturated carbocycles. The average Bonchev–Trinajstić information content (AvgIpc) is 3.43. The number of aryl methyl sites for hydroxylation is 1. The van der Waals surface area contributed by atoms with Gasteiger partial charge in [0.2, 0.25) is 5.85 Å². The normalized spacial score (nSPS) is 14.2. The Bertz CT molecular complexity index is 1530. The largest absolute Gasteiger partial charge is 0.459 e. The van der Waals surface area contributed by atoms with Crippen LogP contribution in [0.15, 0.2) is 83.6 Å². The quantitative estimate of drug-likeness (QED) is 0.227. The molecule has 14 heteroatoms. The average molecular weight is 612 g/mol. The number of alkyl halides is 2. The number of carbonyl (C=O) groups is 2. The second-order valence-electron chi connectivity index (χ2n) is 10.5. The van der Waals surface area contributed by atoms with Crippen LogP contribution in [0, 0.1) is 0 Å². The van der Waals surface area contributed by atoms with Gasteiger partial charge in [-0.25, -0.2) is 14.0 Å². The molecule has 0 saturated heterocycles. The highest BCUT2D eigenvalue weighted by Gasteiger charge is 2.21. The second kappa shape index (κ2) is 14.5. The zero-order valence-electron chi connectivity index (χ0n) is 24.6. The Morgan fingerprint density at radius 3 is 2.61 bits per heavy atom. The van der Waals surface area contributed by atoms with Crippen LogP contribution in [0.3, 0.4) is 0 Å². The van der Waals surface area contributed by atoms with Gasteiger partial charge in [0.05, 0.1) is 6.54 Å². The Balaban J connectivity index is 1.20. The summed E-state index contributed by atoms with van der Waals surface area (Å²) in [6.07, 6.45) is 0.218. The number of aromatic nitrogens is 2. The highest BCUT2D eigenvalue weighted by atomic mass is 19.2. The smallest absolute Gasteiger partial charge is 0.413 e. The number of nitrogens with zero attached hydrogens (tertiary/aromatic N) is 3. The summed E-state index contributed by atoms with van der Waals surface area (Å²) in [4.78, 5) is 41.0. The zero-order chi connectivity index (χ0) is 31.7. The first-order valence-corrected chi connectivity index (χ1v) is 13.9. The maximum atomic E-state index is 14.8. The van der Waals surface area contributed by atoms with E-state index in [2.05, 4.69) is 26.6 Å². The van der Waals surface area contributed by atoms with Crippen molar-refractivity contribution in [1.29, 1.82) is 0 Å². The number of rotatable bonds is 13. The third kappa shape index (κ3) is 9.80. The first-order chi connectivity index (χ1) is 20.9. The van der Waals surface area contributed by atoms with Crippen LogP contribution in [-0.4, -0.2) is 45.1 Å². The van der Waals surface area contributed by atoms with Gasteiger partial charge >= 0.3 is 11.8 Å². The van der Waals surface area contributed by atoms with Crippen LogP contribution < -0.4 is 32.0 Å². The summed E-state index contributed by atoms with van der Waals surface area (Å²) in [7, 11) is 0. The predicted octanol–water partition coefficient (Wildman–Crippen LogP) is 3.85. The van der Waals surface area contributed by atoms with E-state index in [1.807, 2.05) is 30.3 Å². The van der Waals surface area contributed by atoms with Crippen molar-refractivity contribution in [3.63, 3.8) is 0 Å². The Morgan fingerprint density at radius 1 is 1.11 bits per heavy atom. The maximum absolute atomic E-state index is 14.8. The number of hydrogen-bond acceptors (Lipinski definition) is 9. The Labute approximate surface area is 253 Å². The highest BCUT2D eigenvalue weighted by molar-refractivity contribution is 5.92. The maximum Gasteiger partial charge on any atom is 0.413 e. The fourth-order valence-corrected chi connectivity index (χ4v) is 4.18.